The molecule has 0 saturated carbocycles. The van der Waals surface area contributed by atoms with E-state index in [2.05, 4.69) is 5.32 Å². The minimum absolute atomic E-state index is 0.00320. The molecule has 3 nitrogen and oxygen atoms in total. The highest BCUT2D eigenvalue weighted by Gasteiger charge is 2.22. The Labute approximate surface area is 102 Å². The van der Waals surface area contributed by atoms with Crippen LogP contribution in [0.4, 0.5) is 0 Å². The average Bonchev–Trinajstić information content (AvgIpc) is 2.39. The molecule has 1 heterocycles. The van der Waals surface area contributed by atoms with Crippen molar-refractivity contribution in [1.29, 1.82) is 0 Å². The summed E-state index contributed by atoms with van der Waals surface area (Å²) in [7, 11) is 1.65. The lowest BCUT2D eigenvalue weighted by Crippen LogP contribution is -2.40. The minimum Gasteiger partial charge on any atom is -0.496 e. The van der Waals surface area contributed by atoms with Gasteiger partial charge in [0.15, 0.2) is 5.78 Å². The molecular formula is C14H19NO2. The normalized spacial score (nSPS) is 20.0. The number of piperidine rings is 1. The molecule has 1 N–H and O–H groups in total. The Morgan fingerprint density at radius 3 is 2.82 bits per heavy atom. The number of rotatable bonds is 3. The van der Waals surface area contributed by atoms with Crippen molar-refractivity contribution in [2.45, 2.75) is 32.2 Å². The van der Waals surface area contributed by atoms with Crippen LogP contribution in [0.2, 0.25) is 0 Å². The first-order chi connectivity index (χ1) is 8.22. The summed E-state index contributed by atoms with van der Waals surface area (Å²) in [6.45, 7) is 2.91. The largest absolute Gasteiger partial charge is 0.496 e. The van der Waals surface area contributed by atoms with Gasteiger partial charge in [0.25, 0.3) is 0 Å². The predicted molar refractivity (Wildman–Crippen MR) is 67.7 cm³/mol. The van der Waals surface area contributed by atoms with Crippen LogP contribution in [0.1, 0.15) is 35.2 Å². The highest BCUT2D eigenvalue weighted by Crippen LogP contribution is 2.20. The number of ether oxygens (including phenoxy) is 1. The van der Waals surface area contributed by atoms with Gasteiger partial charge in [0.1, 0.15) is 5.75 Å². The first-order valence-electron chi connectivity index (χ1n) is 6.14. The highest BCUT2D eigenvalue weighted by atomic mass is 16.5. The van der Waals surface area contributed by atoms with E-state index in [1.807, 2.05) is 25.1 Å². The zero-order valence-electron chi connectivity index (χ0n) is 10.5. The van der Waals surface area contributed by atoms with E-state index in [0.29, 0.717) is 0 Å². The molecule has 1 atom stereocenters. The molecule has 3 heteroatoms. The maximum Gasteiger partial charge on any atom is 0.179 e. The van der Waals surface area contributed by atoms with E-state index in [-0.39, 0.29) is 11.8 Å². The summed E-state index contributed by atoms with van der Waals surface area (Å²) in [6.07, 6.45) is 3.26. The van der Waals surface area contributed by atoms with Crippen molar-refractivity contribution in [3.8, 4) is 5.75 Å². The van der Waals surface area contributed by atoms with Gasteiger partial charge in [0.05, 0.1) is 13.2 Å². The fourth-order valence-corrected chi connectivity index (χ4v) is 2.31. The third-order valence-corrected chi connectivity index (χ3v) is 3.31. The molecule has 17 heavy (non-hydrogen) atoms. The molecule has 0 bridgehead atoms. The van der Waals surface area contributed by atoms with Gasteiger partial charge in [-0.2, -0.15) is 0 Å². The van der Waals surface area contributed by atoms with Gasteiger partial charge in [-0.15, -0.1) is 0 Å². The summed E-state index contributed by atoms with van der Waals surface area (Å²) in [4.78, 5) is 12.2. The molecule has 92 valence electrons. The Morgan fingerprint density at radius 2 is 2.24 bits per heavy atom. The number of carbonyl (C=O) groups is 1. The van der Waals surface area contributed by atoms with Gasteiger partial charge in [-0.25, -0.2) is 0 Å². The van der Waals surface area contributed by atoms with Gasteiger partial charge in [-0.05, 0) is 50.1 Å². The van der Waals surface area contributed by atoms with Crippen LogP contribution in [-0.2, 0) is 0 Å². The van der Waals surface area contributed by atoms with Gasteiger partial charge in [-0.3, -0.25) is 4.79 Å². The SMILES string of the molecule is COc1ccc(C(=O)C2CCCCN2)cc1C. The van der Waals surface area contributed by atoms with Crippen LogP contribution in [0.5, 0.6) is 5.75 Å². The summed E-state index contributed by atoms with van der Waals surface area (Å²) < 4.78 is 5.20. The second-order valence-electron chi connectivity index (χ2n) is 4.55. The molecule has 1 aliphatic heterocycles. The van der Waals surface area contributed by atoms with E-state index >= 15 is 0 Å². The van der Waals surface area contributed by atoms with E-state index in [1.165, 1.54) is 6.42 Å². The van der Waals surface area contributed by atoms with E-state index in [4.69, 9.17) is 4.74 Å². The molecule has 1 aromatic carbocycles. The summed E-state index contributed by atoms with van der Waals surface area (Å²) in [5, 5.41) is 3.28. The van der Waals surface area contributed by atoms with Crippen LogP contribution in [0.3, 0.4) is 0 Å². The standard InChI is InChI=1S/C14H19NO2/c1-10-9-11(6-7-13(10)17-2)14(16)12-5-3-4-8-15-12/h6-7,9,12,15H,3-5,8H2,1-2H3. The molecule has 0 amide bonds. The van der Waals surface area contributed by atoms with E-state index in [1.54, 1.807) is 7.11 Å². The molecule has 0 aromatic heterocycles. The lowest BCUT2D eigenvalue weighted by atomic mass is 9.95. The number of hydrogen-bond donors (Lipinski definition) is 1. The van der Waals surface area contributed by atoms with Crippen LogP contribution < -0.4 is 10.1 Å². The number of hydrogen-bond acceptors (Lipinski definition) is 3. The molecule has 0 spiro atoms. The van der Waals surface area contributed by atoms with Gasteiger partial charge < -0.3 is 10.1 Å². The maximum absolute atomic E-state index is 12.2. The molecule has 0 aliphatic carbocycles. The Hall–Kier alpha value is -1.35. The number of methoxy groups -OCH3 is 1. The third kappa shape index (κ3) is 2.67. The van der Waals surface area contributed by atoms with Crippen molar-refractivity contribution in [2.24, 2.45) is 0 Å². The number of ketones is 1. The molecule has 2 rings (SSSR count). The zero-order chi connectivity index (χ0) is 12.3. The van der Waals surface area contributed by atoms with Gasteiger partial charge >= 0.3 is 0 Å². The third-order valence-electron chi connectivity index (χ3n) is 3.31. The van der Waals surface area contributed by atoms with Crippen molar-refractivity contribution in [2.75, 3.05) is 13.7 Å². The van der Waals surface area contributed by atoms with Gasteiger partial charge in [0.2, 0.25) is 0 Å². The van der Waals surface area contributed by atoms with E-state index < -0.39 is 0 Å². The van der Waals surface area contributed by atoms with Crippen LogP contribution in [0, 0.1) is 6.92 Å². The van der Waals surface area contributed by atoms with Crippen molar-refractivity contribution >= 4 is 5.78 Å². The zero-order valence-corrected chi connectivity index (χ0v) is 10.5. The Morgan fingerprint density at radius 1 is 1.41 bits per heavy atom. The second-order valence-corrected chi connectivity index (χ2v) is 4.55. The smallest absolute Gasteiger partial charge is 0.179 e. The average molecular weight is 233 g/mol. The summed E-state index contributed by atoms with van der Waals surface area (Å²) >= 11 is 0. The first-order valence-corrected chi connectivity index (χ1v) is 6.14. The fraction of sp³-hybridized carbons (Fsp3) is 0.500. The van der Waals surface area contributed by atoms with Gasteiger partial charge in [0, 0.05) is 5.56 Å². The van der Waals surface area contributed by atoms with Crippen LogP contribution in [0.25, 0.3) is 0 Å². The van der Waals surface area contributed by atoms with Crippen molar-refractivity contribution < 1.29 is 9.53 Å². The predicted octanol–water partition coefficient (Wildman–Crippen LogP) is 2.33. The Kier molecular flexibility index (Phi) is 3.79. The van der Waals surface area contributed by atoms with Crippen LogP contribution in [0.15, 0.2) is 18.2 Å². The lowest BCUT2D eigenvalue weighted by Gasteiger charge is -2.22. The molecule has 1 saturated heterocycles. The number of benzene rings is 1. The molecule has 1 aromatic rings. The molecule has 1 fully saturated rings. The second kappa shape index (κ2) is 5.32. The maximum atomic E-state index is 12.2. The highest BCUT2D eigenvalue weighted by molar-refractivity contribution is 6.00. The van der Waals surface area contributed by atoms with E-state index in [9.17, 15) is 4.79 Å². The number of Topliss-reactive ketones (excluding diaryl/α,β-unsaturated/α-hetero) is 1. The number of aryl methyl sites for hydroxylation is 1. The van der Waals surface area contributed by atoms with Crippen molar-refractivity contribution in [3.63, 3.8) is 0 Å². The Bertz CT molecular complexity index is 409. The van der Waals surface area contributed by atoms with Crippen molar-refractivity contribution in [1.82, 2.24) is 5.32 Å². The molecule has 0 radical (unpaired) electrons. The Balaban J connectivity index is 2.16. The lowest BCUT2D eigenvalue weighted by molar-refractivity contribution is 0.0927. The van der Waals surface area contributed by atoms with Gasteiger partial charge in [-0.1, -0.05) is 6.42 Å². The fourth-order valence-electron chi connectivity index (χ4n) is 2.31. The van der Waals surface area contributed by atoms with Crippen LogP contribution in [-0.4, -0.2) is 25.5 Å². The number of nitrogens with one attached hydrogen (secondary N) is 1. The summed E-state index contributed by atoms with van der Waals surface area (Å²) in [5.41, 5.74) is 1.79. The quantitative estimate of drug-likeness (QED) is 0.814. The topological polar surface area (TPSA) is 38.3 Å². The molecule has 1 unspecified atom stereocenters. The van der Waals surface area contributed by atoms with Crippen molar-refractivity contribution in [3.05, 3.63) is 29.3 Å². The monoisotopic (exact) mass is 233 g/mol. The van der Waals surface area contributed by atoms with E-state index in [0.717, 1.165) is 36.3 Å². The molecule has 1 aliphatic rings. The first kappa shape index (κ1) is 12.1. The summed E-state index contributed by atoms with van der Waals surface area (Å²) in [6, 6.07) is 5.63. The summed E-state index contributed by atoms with van der Waals surface area (Å²) in [5.74, 6) is 1.04. The number of carbonyl (C=O) groups excluding carboxylic acids is 1. The molecular weight excluding hydrogens is 214 g/mol. The van der Waals surface area contributed by atoms with Crippen LogP contribution >= 0.6 is 0 Å². The minimum atomic E-state index is -0.00320.